The number of hydrogen-bond acceptors (Lipinski definition) is 3. The van der Waals surface area contributed by atoms with Crippen molar-refractivity contribution in [2.24, 2.45) is 5.92 Å². The first-order valence-corrected chi connectivity index (χ1v) is 11.2. The van der Waals surface area contributed by atoms with Crippen LogP contribution in [0.15, 0.2) is 77.7 Å². The Bertz CT molecular complexity index is 1000. The topological polar surface area (TPSA) is 20.3 Å². The number of nitrogens with zero attached hydrogens (tertiary/aromatic N) is 1. The Balaban J connectivity index is 1.58. The van der Waals surface area contributed by atoms with Crippen LogP contribution in [0.1, 0.15) is 29.2 Å². The summed E-state index contributed by atoms with van der Waals surface area (Å²) in [5.41, 5.74) is 3.42. The lowest BCUT2D eigenvalue weighted by Crippen LogP contribution is -2.27. The molecule has 0 amide bonds. The minimum absolute atomic E-state index is 0.0702. The average molecular weight is 440 g/mol. The van der Waals surface area contributed by atoms with E-state index in [1.807, 2.05) is 12.1 Å². The molecule has 5 heteroatoms. The molecule has 0 aromatic heterocycles. The summed E-state index contributed by atoms with van der Waals surface area (Å²) in [4.78, 5) is 16.4. The first-order chi connectivity index (χ1) is 14.5. The number of benzene rings is 3. The number of halogens is 2. The summed E-state index contributed by atoms with van der Waals surface area (Å²) in [5, 5.41) is 0.791. The van der Waals surface area contributed by atoms with E-state index in [2.05, 4.69) is 36.1 Å². The third-order valence-electron chi connectivity index (χ3n) is 5.55. The molecule has 0 aliphatic carbocycles. The van der Waals surface area contributed by atoms with E-state index in [9.17, 15) is 9.18 Å². The monoisotopic (exact) mass is 439 g/mol. The summed E-state index contributed by atoms with van der Waals surface area (Å²) in [7, 11) is 0. The van der Waals surface area contributed by atoms with Crippen LogP contribution < -0.4 is 0 Å². The first kappa shape index (κ1) is 21.1. The predicted octanol–water partition coefficient (Wildman–Crippen LogP) is 6.67. The molecule has 1 aliphatic rings. The van der Waals surface area contributed by atoms with Crippen molar-refractivity contribution in [2.75, 3.05) is 6.54 Å². The number of thioether (sulfide) groups is 1. The molecule has 0 unspecified atom stereocenters. The highest BCUT2D eigenvalue weighted by Gasteiger charge is 2.39. The number of rotatable bonds is 5. The summed E-state index contributed by atoms with van der Waals surface area (Å²) >= 11 is 7.23. The van der Waals surface area contributed by atoms with E-state index in [1.54, 1.807) is 24.3 Å². The molecule has 0 saturated carbocycles. The van der Waals surface area contributed by atoms with Gasteiger partial charge in [0.15, 0.2) is 5.12 Å². The number of carbonyl (C=O) groups is 1. The third-order valence-corrected chi connectivity index (χ3v) is 6.82. The molecule has 3 aromatic rings. The summed E-state index contributed by atoms with van der Waals surface area (Å²) < 4.78 is 13.5. The molecule has 4 rings (SSSR count). The van der Waals surface area contributed by atoms with Crippen molar-refractivity contribution >= 4 is 28.5 Å². The number of hydrogen-bond donors (Lipinski definition) is 0. The highest BCUT2D eigenvalue weighted by Crippen LogP contribution is 2.42. The van der Waals surface area contributed by atoms with Crippen molar-refractivity contribution in [1.82, 2.24) is 4.90 Å². The first-order valence-electron chi connectivity index (χ1n) is 10.0. The highest BCUT2D eigenvalue weighted by molar-refractivity contribution is 8.13. The van der Waals surface area contributed by atoms with E-state index in [-0.39, 0.29) is 22.9 Å². The Kier molecular flexibility index (Phi) is 6.57. The van der Waals surface area contributed by atoms with Crippen LogP contribution >= 0.6 is 23.4 Å². The molecule has 0 N–H and O–H groups in total. The maximum Gasteiger partial charge on any atom is 0.198 e. The minimum Gasteiger partial charge on any atom is -0.291 e. The summed E-state index contributed by atoms with van der Waals surface area (Å²) in [6.45, 7) is 3.66. The minimum atomic E-state index is -0.264. The zero-order valence-electron chi connectivity index (χ0n) is 16.7. The lowest BCUT2D eigenvalue weighted by molar-refractivity contribution is -0.115. The molecule has 154 valence electrons. The van der Waals surface area contributed by atoms with Gasteiger partial charge in [-0.05, 0) is 67.4 Å². The molecular weight excluding hydrogens is 417 g/mol. The molecule has 3 aromatic carbocycles. The molecule has 1 fully saturated rings. The van der Waals surface area contributed by atoms with Gasteiger partial charge in [-0.2, -0.15) is 0 Å². The second kappa shape index (κ2) is 9.34. The van der Waals surface area contributed by atoms with Crippen molar-refractivity contribution in [3.63, 3.8) is 0 Å². The zero-order chi connectivity index (χ0) is 21.1. The van der Waals surface area contributed by atoms with Gasteiger partial charge in [-0.1, -0.05) is 65.3 Å². The Hall–Kier alpha value is -2.14. The molecule has 0 bridgehead atoms. The van der Waals surface area contributed by atoms with Crippen LogP contribution in [0.2, 0.25) is 5.02 Å². The van der Waals surface area contributed by atoms with Gasteiger partial charge in [-0.15, -0.1) is 0 Å². The smallest absolute Gasteiger partial charge is 0.198 e. The molecule has 0 radical (unpaired) electrons. The maximum absolute atomic E-state index is 13.5. The summed E-state index contributed by atoms with van der Waals surface area (Å²) in [5.74, 6) is -0.415. The normalized spacial score (nSPS) is 19.2. The molecule has 2 atom stereocenters. The van der Waals surface area contributed by atoms with Crippen molar-refractivity contribution in [2.45, 2.75) is 30.8 Å². The van der Waals surface area contributed by atoms with Gasteiger partial charge in [-0.25, -0.2) is 4.39 Å². The van der Waals surface area contributed by atoms with Crippen molar-refractivity contribution in [3.8, 4) is 0 Å². The van der Waals surface area contributed by atoms with Crippen molar-refractivity contribution in [3.05, 3.63) is 100 Å². The molecule has 1 heterocycles. The van der Waals surface area contributed by atoms with E-state index >= 15 is 0 Å². The van der Waals surface area contributed by atoms with E-state index < -0.39 is 0 Å². The standard InChI is InChI=1S/C25H23ClFNOS/c1-17-2-4-18(5-3-17)16-28-15-14-23(24(28)19-6-10-21(27)11-7-19)25(29)30-22-12-8-20(26)9-13-22/h2-13,23-24H,14-16H2,1H3/t23-,24-/m1/s1. The average Bonchev–Trinajstić information content (AvgIpc) is 3.15. The van der Waals surface area contributed by atoms with Crippen LogP contribution in [-0.4, -0.2) is 16.6 Å². The second-order valence-corrected chi connectivity index (χ2v) is 9.24. The van der Waals surface area contributed by atoms with Gasteiger partial charge >= 0.3 is 0 Å². The fourth-order valence-corrected chi connectivity index (χ4v) is 5.03. The van der Waals surface area contributed by atoms with Gasteiger partial charge in [-0.3, -0.25) is 9.69 Å². The molecule has 1 aliphatic heterocycles. The predicted molar refractivity (Wildman–Crippen MR) is 121 cm³/mol. The van der Waals surface area contributed by atoms with Crippen LogP contribution in [0.3, 0.4) is 0 Å². The fourth-order valence-electron chi connectivity index (χ4n) is 4.01. The van der Waals surface area contributed by atoms with Gasteiger partial charge < -0.3 is 0 Å². The van der Waals surface area contributed by atoms with E-state index in [0.717, 1.165) is 30.0 Å². The Labute approximate surface area is 186 Å². The largest absolute Gasteiger partial charge is 0.291 e. The van der Waals surface area contributed by atoms with Crippen molar-refractivity contribution < 1.29 is 9.18 Å². The van der Waals surface area contributed by atoms with Crippen LogP contribution in [0.25, 0.3) is 0 Å². The summed E-state index contributed by atoms with van der Waals surface area (Å²) in [6.07, 6.45) is 0.785. The Morgan fingerprint density at radius 3 is 2.37 bits per heavy atom. The SMILES string of the molecule is Cc1ccc(CN2CC[C@@H](C(=O)Sc3ccc(Cl)cc3)[C@H]2c2ccc(F)cc2)cc1. The number of aryl methyl sites for hydroxylation is 1. The maximum atomic E-state index is 13.5. The Morgan fingerprint density at radius 1 is 1.03 bits per heavy atom. The third kappa shape index (κ3) is 4.94. The van der Waals surface area contributed by atoms with Gasteiger partial charge in [0, 0.05) is 28.4 Å². The molecule has 30 heavy (non-hydrogen) atoms. The van der Waals surface area contributed by atoms with Gasteiger partial charge in [0.2, 0.25) is 0 Å². The second-order valence-electron chi connectivity index (χ2n) is 7.72. The summed E-state index contributed by atoms with van der Waals surface area (Å²) in [6, 6.07) is 22.3. The van der Waals surface area contributed by atoms with Gasteiger partial charge in [0.1, 0.15) is 5.82 Å². The molecular formula is C25H23ClFNOS. The van der Waals surface area contributed by atoms with E-state index in [0.29, 0.717) is 5.02 Å². The lowest BCUT2D eigenvalue weighted by Gasteiger charge is -2.28. The van der Waals surface area contributed by atoms with E-state index in [4.69, 9.17) is 11.6 Å². The Morgan fingerprint density at radius 2 is 1.70 bits per heavy atom. The van der Waals surface area contributed by atoms with Gasteiger partial charge in [0.05, 0.1) is 0 Å². The van der Waals surface area contributed by atoms with Gasteiger partial charge in [0.25, 0.3) is 0 Å². The quantitative estimate of drug-likeness (QED) is 0.414. The van der Waals surface area contributed by atoms with Crippen LogP contribution in [-0.2, 0) is 11.3 Å². The number of likely N-dealkylation sites (tertiary alicyclic amines) is 1. The molecule has 1 saturated heterocycles. The lowest BCUT2D eigenvalue weighted by atomic mass is 9.94. The number of carbonyl (C=O) groups excluding carboxylic acids is 1. The zero-order valence-corrected chi connectivity index (χ0v) is 18.3. The molecule has 0 spiro atoms. The van der Waals surface area contributed by atoms with Crippen LogP contribution in [0.5, 0.6) is 0 Å². The van der Waals surface area contributed by atoms with Crippen molar-refractivity contribution in [1.29, 1.82) is 0 Å². The molecule has 2 nitrogen and oxygen atoms in total. The van der Waals surface area contributed by atoms with E-state index in [1.165, 1.54) is 35.0 Å². The van der Waals surface area contributed by atoms with Crippen LogP contribution in [0, 0.1) is 18.7 Å². The highest BCUT2D eigenvalue weighted by atomic mass is 35.5. The fraction of sp³-hybridized carbons (Fsp3) is 0.240. The van der Waals surface area contributed by atoms with Crippen LogP contribution in [0.4, 0.5) is 4.39 Å².